The highest BCUT2D eigenvalue weighted by Gasteiger charge is 2.27. The van der Waals surface area contributed by atoms with Crippen LogP contribution in [0.15, 0.2) is 97.1 Å². The van der Waals surface area contributed by atoms with Crippen molar-refractivity contribution in [3.05, 3.63) is 119 Å². The van der Waals surface area contributed by atoms with Gasteiger partial charge < -0.3 is 19.9 Å². The fourth-order valence-corrected chi connectivity index (χ4v) is 6.74. The zero-order chi connectivity index (χ0) is 24.8. The maximum absolute atomic E-state index is 3.83. The molecule has 0 aliphatic heterocycles. The third kappa shape index (κ3) is 2.64. The fourth-order valence-electron chi connectivity index (χ4n) is 6.74. The molecule has 0 spiro atoms. The van der Waals surface area contributed by atoms with Gasteiger partial charge >= 0.3 is 0 Å². The molecular weight excluding hydrogens is 464 g/mol. The predicted octanol–water partition coefficient (Wildman–Crippen LogP) is 8.44. The molecule has 0 saturated heterocycles. The average Bonchev–Trinajstić information content (AvgIpc) is 3.70. The summed E-state index contributed by atoms with van der Waals surface area (Å²) < 4.78 is 0. The van der Waals surface area contributed by atoms with Crippen LogP contribution in [0.25, 0.3) is 66.4 Å². The Hall–Kier alpha value is -4.96. The summed E-state index contributed by atoms with van der Waals surface area (Å²) in [5, 5.41) is 5.11. The molecule has 8 aromatic rings. The maximum atomic E-state index is 3.83. The van der Waals surface area contributed by atoms with Crippen LogP contribution >= 0.6 is 0 Å². The second kappa shape index (κ2) is 7.30. The van der Waals surface area contributed by atoms with E-state index < -0.39 is 0 Å². The molecule has 9 rings (SSSR count). The number of aromatic amines is 4. The van der Waals surface area contributed by atoms with Crippen molar-refractivity contribution in [2.75, 3.05) is 0 Å². The van der Waals surface area contributed by atoms with E-state index in [1.165, 1.54) is 88.6 Å². The van der Waals surface area contributed by atoms with E-state index in [1.807, 2.05) is 0 Å². The van der Waals surface area contributed by atoms with E-state index in [2.05, 4.69) is 117 Å². The van der Waals surface area contributed by atoms with Gasteiger partial charge in [0.05, 0.1) is 22.8 Å². The lowest BCUT2D eigenvalue weighted by Gasteiger charge is -2.13. The number of nitrogens with one attached hydrogen (secondary N) is 4. The second-order valence-corrected chi connectivity index (χ2v) is 10.5. The summed E-state index contributed by atoms with van der Waals surface area (Å²) in [5.41, 5.74) is 14.8. The zero-order valence-electron chi connectivity index (χ0n) is 20.7. The molecule has 0 bridgehead atoms. The van der Waals surface area contributed by atoms with Gasteiger partial charge in [-0.05, 0) is 46.5 Å². The number of benzene rings is 4. The predicted molar refractivity (Wildman–Crippen MR) is 157 cm³/mol. The standard InChI is InChI=1S/C34H24N4/c1-5-13-27-19(9-1)23-17-24-20-10-2-6-14-28(20)37-33(24)34-26(22-12-4-8-16-30(22)38-34)18-25-21-11-3-7-15-29(21)36-32(25)31(23)35-27/h1-16,35-38H,17-18H2. The van der Waals surface area contributed by atoms with Crippen molar-refractivity contribution in [2.45, 2.75) is 12.8 Å². The van der Waals surface area contributed by atoms with Crippen LogP contribution in [-0.4, -0.2) is 19.9 Å². The van der Waals surface area contributed by atoms with E-state index in [0.29, 0.717) is 0 Å². The van der Waals surface area contributed by atoms with Crippen molar-refractivity contribution in [2.24, 2.45) is 0 Å². The minimum Gasteiger partial charge on any atom is -0.353 e. The van der Waals surface area contributed by atoms with Crippen molar-refractivity contribution >= 4 is 43.6 Å². The lowest BCUT2D eigenvalue weighted by atomic mass is 9.91. The van der Waals surface area contributed by atoms with Crippen LogP contribution in [0.3, 0.4) is 0 Å². The molecule has 1 aliphatic rings. The van der Waals surface area contributed by atoms with Crippen LogP contribution in [0.1, 0.15) is 22.3 Å². The Morgan fingerprint density at radius 3 is 0.816 bits per heavy atom. The van der Waals surface area contributed by atoms with Crippen molar-refractivity contribution in [3.63, 3.8) is 0 Å². The van der Waals surface area contributed by atoms with Gasteiger partial charge in [-0.25, -0.2) is 0 Å². The summed E-state index contributed by atoms with van der Waals surface area (Å²) in [7, 11) is 0. The second-order valence-electron chi connectivity index (χ2n) is 10.5. The number of H-pyrrole nitrogens is 4. The van der Waals surface area contributed by atoms with Crippen LogP contribution < -0.4 is 0 Å². The zero-order valence-corrected chi connectivity index (χ0v) is 20.7. The largest absolute Gasteiger partial charge is 0.353 e. The highest BCUT2D eigenvalue weighted by atomic mass is 14.8. The molecule has 0 saturated carbocycles. The Labute approximate surface area is 218 Å². The maximum Gasteiger partial charge on any atom is 0.0669 e. The first-order valence-corrected chi connectivity index (χ1v) is 13.2. The summed E-state index contributed by atoms with van der Waals surface area (Å²) >= 11 is 0. The van der Waals surface area contributed by atoms with Gasteiger partial charge in [-0.2, -0.15) is 0 Å². The summed E-state index contributed by atoms with van der Waals surface area (Å²) in [5.74, 6) is 0. The molecule has 0 fully saturated rings. The van der Waals surface area contributed by atoms with Crippen molar-refractivity contribution < 1.29 is 0 Å². The number of hydrogen-bond acceptors (Lipinski definition) is 0. The highest BCUT2D eigenvalue weighted by molar-refractivity contribution is 6.01. The van der Waals surface area contributed by atoms with E-state index in [9.17, 15) is 0 Å². The molecule has 4 N–H and O–H groups in total. The van der Waals surface area contributed by atoms with Crippen LogP contribution in [0.4, 0.5) is 0 Å². The molecule has 4 nitrogen and oxygen atoms in total. The Morgan fingerprint density at radius 2 is 0.553 bits per heavy atom. The van der Waals surface area contributed by atoms with E-state index in [-0.39, 0.29) is 0 Å². The van der Waals surface area contributed by atoms with E-state index >= 15 is 0 Å². The van der Waals surface area contributed by atoms with Crippen molar-refractivity contribution in [1.82, 2.24) is 19.9 Å². The summed E-state index contributed by atoms with van der Waals surface area (Å²) in [6.45, 7) is 0. The third-order valence-corrected chi connectivity index (χ3v) is 8.46. The smallest absolute Gasteiger partial charge is 0.0669 e. The first-order valence-electron chi connectivity index (χ1n) is 13.2. The third-order valence-electron chi connectivity index (χ3n) is 8.46. The van der Waals surface area contributed by atoms with Crippen LogP contribution in [0, 0.1) is 0 Å². The molecule has 1 aliphatic carbocycles. The number of fused-ring (bicyclic) bond motifs is 14. The topological polar surface area (TPSA) is 63.2 Å². The van der Waals surface area contributed by atoms with Crippen LogP contribution in [0.5, 0.6) is 0 Å². The van der Waals surface area contributed by atoms with Crippen molar-refractivity contribution in [3.8, 4) is 22.8 Å². The summed E-state index contributed by atoms with van der Waals surface area (Å²) in [6.07, 6.45) is 1.64. The van der Waals surface area contributed by atoms with Crippen LogP contribution in [0.2, 0.25) is 0 Å². The number of para-hydroxylation sites is 4. The average molecular weight is 489 g/mol. The van der Waals surface area contributed by atoms with Gasteiger partial charge in [0.25, 0.3) is 0 Å². The van der Waals surface area contributed by atoms with Gasteiger partial charge in [0, 0.05) is 56.5 Å². The molecule has 180 valence electrons. The Bertz CT molecular complexity index is 1880. The van der Waals surface area contributed by atoms with E-state index in [1.54, 1.807) is 0 Å². The molecule has 4 aromatic carbocycles. The minimum atomic E-state index is 0.822. The SMILES string of the molecule is c1ccc2c3c([nH]c2c1)-c1[nH]c2ccccc2c1Cc1c([nH]c2ccccc12)-c1[nH]c2ccccc2c1C3. The molecule has 38 heavy (non-hydrogen) atoms. The van der Waals surface area contributed by atoms with E-state index in [0.717, 1.165) is 12.8 Å². The Balaban J connectivity index is 1.47. The molecule has 4 heterocycles. The van der Waals surface area contributed by atoms with Gasteiger partial charge in [0.2, 0.25) is 0 Å². The Morgan fingerprint density at radius 1 is 0.316 bits per heavy atom. The molecule has 4 aromatic heterocycles. The van der Waals surface area contributed by atoms with Gasteiger partial charge in [0.1, 0.15) is 0 Å². The Kier molecular flexibility index (Phi) is 3.87. The minimum absolute atomic E-state index is 0.822. The fraction of sp³-hybridized carbons (Fsp3) is 0.0588. The molecular formula is C34H24N4. The highest BCUT2D eigenvalue weighted by Crippen LogP contribution is 2.44. The van der Waals surface area contributed by atoms with Gasteiger partial charge in [-0.3, -0.25) is 0 Å². The van der Waals surface area contributed by atoms with Crippen molar-refractivity contribution in [1.29, 1.82) is 0 Å². The van der Waals surface area contributed by atoms with Gasteiger partial charge in [-0.15, -0.1) is 0 Å². The molecule has 0 amide bonds. The first kappa shape index (κ1) is 20.1. The molecule has 0 radical (unpaired) electrons. The molecule has 0 unspecified atom stereocenters. The van der Waals surface area contributed by atoms with Crippen LogP contribution in [-0.2, 0) is 12.8 Å². The number of hydrogen-bond donors (Lipinski definition) is 4. The van der Waals surface area contributed by atoms with E-state index in [4.69, 9.17) is 0 Å². The van der Waals surface area contributed by atoms with Gasteiger partial charge in [-0.1, -0.05) is 72.8 Å². The number of aromatic nitrogens is 4. The summed E-state index contributed by atoms with van der Waals surface area (Å²) in [4.78, 5) is 15.3. The monoisotopic (exact) mass is 488 g/mol. The summed E-state index contributed by atoms with van der Waals surface area (Å²) in [6, 6.07) is 34.8. The first-order chi connectivity index (χ1) is 18.8. The lowest BCUT2D eigenvalue weighted by molar-refractivity contribution is 1.15. The normalized spacial score (nSPS) is 13.1. The number of rotatable bonds is 0. The lowest BCUT2D eigenvalue weighted by Crippen LogP contribution is -2.00. The van der Waals surface area contributed by atoms with Gasteiger partial charge in [0.15, 0.2) is 0 Å². The quantitative estimate of drug-likeness (QED) is 0.165. The molecule has 4 heteroatoms. The molecule has 0 atom stereocenters.